The van der Waals surface area contributed by atoms with Gasteiger partial charge in [-0.1, -0.05) is 0 Å². The molecule has 6 heteroatoms. The fraction of sp³-hybridized carbons (Fsp3) is 0.333. The van der Waals surface area contributed by atoms with Crippen LogP contribution in [0.15, 0.2) is 16.6 Å². The van der Waals surface area contributed by atoms with Crippen LogP contribution in [0.3, 0.4) is 0 Å². The molecule has 0 spiro atoms. The minimum absolute atomic E-state index is 0.00961. The van der Waals surface area contributed by atoms with Gasteiger partial charge in [0.1, 0.15) is 5.75 Å². The molecule has 0 aromatic heterocycles. The Morgan fingerprint density at radius 1 is 1.40 bits per heavy atom. The summed E-state index contributed by atoms with van der Waals surface area (Å²) in [4.78, 5) is 0. The maximum atomic E-state index is 12.4. The quantitative estimate of drug-likeness (QED) is 0.832. The smallest absolute Gasteiger partial charge is 0.416 e. The number of rotatable bonds is 1. The Morgan fingerprint density at radius 2 is 1.93 bits per heavy atom. The summed E-state index contributed by atoms with van der Waals surface area (Å²) >= 11 is 2.85. The fourth-order valence-corrected chi connectivity index (χ4v) is 1.61. The molecule has 1 atom stereocenters. The lowest BCUT2D eigenvalue weighted by Gasteiger charge is -2.14. The molecule has 0 saturated carbocycles. The first-order chi connectivity index (χ1) is 6.73. The van der Waals surface area contributed by atoms with Gasteiger partial charge < -0.3 is 10.8 Å². The second kappa shape index (κ2) is 4.02. The third-order valence-electron chi connectivity index (χ3n) is 1.91. The van der Waals surface area contributed by atoms with Crippen LogP contribution in [-0.2, 0) is 6.18 Å². The molecule has 0 heterocycles. The van der Waals surface area contributed by atoms with Gasteiger partial charge in [0.05, 0.1) is 10.0 Å². The minimum Gasteiger partial charge on any atom is -0.506 e. The second-order valence-electron chi connectivity index (χ2n) is 3.18. The number of benzene rings is 1. The average molecular weight is 284 g/mol. The van der Waals surface area contributed by atoms with E-state index in [-0.39, 0.29) is 15.8 Å². The SMILES string of the molecule is CC(N)c1cc(C(F)(F)F)cc(Br)c1O. The number of halogens is 4. The molecule has 0 radical (unpaired) electrons. The molecule has 0 fully saturated rings. The van der Waals surface area contributed by atoms with Crippen molar-refractivity contribution < 1.29 is 18.3 Å². The van der Waals surface area contributed by atoms with Gasteiger partial charge in [-0.3, -0.25) is 0 Å². The summed E-state index contributed by atoms with van der Waals surface area (Å²) in [7, 11) is 0. The van der Waals surface area contributed by atoms with Gasteiger partial charge in [-0.05, 0) is 35.0 Å². The van der Waals surface area contributed by atoms with E-state index in [4.69, 9.17) is 5.73 Å². The molecular weight excluding hydrogens is 275 g/mol. The molecule has 15 heavy (non-hydrogen) atoms. The van der Waals surface area contributed by atoms with E-state index in [1.165, 1.54) is 6.92 Å². The first-order valence-electron chi connectivity index (χ1n) is 4.08. The molecule has 2 nitrogen and oxygen atoms in total. The molecule has 1 aromatic rings. The highest BCUT2D eigenvalue weighted by Crippen LogP contribution is 2.38. The standard InChI is InChI=1S/C9H9BrF3NO/c1-4(14)6-2-5(9(11,12)13)3-7(10)8(6)15/h2-4,15H,14H2,1H3. The van der Waals surface area contributed by atoms with Crippen LogP contribution in [0.5, 0.6) is 5.75 Å². The fourth-order valence-electron chi connectivity index (χ4n) is 1.13. The Bertz CT molecular complexity index is 376. The van der Waals surface area contributed by atoms with E-state index < -0.39 is 17.8 Å². The summed E-state index contributed by atoms with van der Waals surface area (Å²) in [5, 5.41) is 9.46. The lowest BCUT2D eigenvalue weighted by molar-refractivity contribution is -0.137. The zero-order valence-corrected chi connectivity index (χ0v) is 9.35. The predicted octanol–water partition coefficient (Wildman–Crippen LogP) is 3.19. The van der Waals surface area contributed by atoms with Gasteiger partial charge >= 0.3 is 6.18 Å². The molecule has 3 N–H and O–H groups in total. The van der Waals surface area contributed by atoms with Crippen LogP contribution >= 0.6 is 15.9 Å². The molecule has 1 unspecified atom stereocenters. The van der Waals surface area contributed by atoms with Crippen LogP contribution in [-0.4, -0.2) is 5.11 Å². The highest BCUT2D eigenvalue weighted by Gasteiger charge is 2.32. The van der Waals surface area contributed by atoms with Crippen LogP contribution in [0.1, 0.15) is 24.1 Å². The molecule has 0 aliphatic heterocycles. The molecule has 1 rings (SSSR count). The van der Waals surface area contributed by atoms with Crippen LogP contribution in [0, 0.1) is 0 Å². The van der Waals surface area contributed by atoms with Gasteiger partial charge in [-0.15, -0.1) is 0 Å². The summed E-state index contributed by atoms with van der Waals surface area (Å²) in [5.41, 5.74) is 4.68. The predicted molar refractivity (Wildman–Crippen MR) is 53.4 cm³/mol. The van der Waals surface area contributed by atoms with Crippen molar-refractivity contribution in [2.75, 3.05) is 0 Å². The van der Waals surface area contributed by atoms with Crippen molar-refractivity contribution >= 4 is 15.9 Å². The van der Waals surface area contributed by atoms with Crippen LogP contribution in [0.25, 0.3) is 0 Å². The van der Waals surface area contributed by atoms with Crippen molar-refractivity contribution in [2.24, 2.45) is 5.73 Å². The zero-order valence-electron chi connectivity index (χ0n) is 7.77. The second-order valence-corrected chi connectivity index (χ2v) is 4.04. The van der Waals surface area contributed by atoms with E-state index in [0.717, 1.165) is 12.1 Å². The van der Waals surface area contributed by atoms with Crippen molar-refractivity contribution in [1.29, 1.82) is 0 Å². The van der Waals surface area contributed by atoms with E-state index in [9.17, 15) is 18.3 Å². The Hall–Kier alpha value is -0.750. The third kappa shape index (κ3) is 2.63. The monoisotopic (exact) mass is 283 g/mol. The van der Waals surface area contributed by atoms with E-state index in [1.807, 2.05) is 0 Å². The summed E-state index contributed by atoms with van der Waals surface area (Å²) in [5.74, 6) is -0.252. The maximum absolute atomic E-state index is 12.4. The van der Waals surface area contributed by atoms with Crippen LogP contribution in [0.2, 0.25) is 0 Å². The van der Waals surface area contributed by atoms with Crippen molar-refractivity contribution in [2.45, 2.75) is 19.1 Å². The number of hydrogen-bond donors (Lipinski definition) is 2. The minimum atomic E-state index is -4.44. The average Bonchev–Trinajstić information content (AvgIpc) is 2.06. The van der Waals surface area contributed by atoms with Gasteiger partial charge in [-0.25, -0.2) is 0 Å². The third-order valence-corrected chi connectivity index (χ3v) is 2.52. The molecule has 0 aliphatic rings. The summed E-state index contributed by atoms with van der Waals surface area (Å²) in [6, 6.07) is 1.01. The first-order valence-corrected chi connectivity index (χ1v) is 4.88. The number of phenolic OH excluding ortho intramolecular Hbond substituents is 1. The molecule has 1 aromatic carbocycles. The molecule has 0 saturated heterocycles. The van der Waals surface area contributed by atoms with E-state index in [1.54, 1.807) is 0 Å². The van der Waals surface area contributed by atoms with Crippen molar-refractivity contribution in [1.82, 2.24) is 0 Å². The molecular formula is C9H9BrF3NO. The number of hydrogen-bond acceptors (Lipinski definition) is 2. The largest absolute Gasteiger partial charge is 0.506 e. The van der Waals surface area contributed by atoms with Gasteiger partial charge in [-0.2, -0.15) is 13.2 Å². The van der Waals surface area contributed by atoms with Crippen molar-refractivity contribution in [3.63, 3.8) is 0 Å². The number of nitrogens with two attached hydrogens (primary N) is 1. The summed E-state index contributed by atoms with van der Waals surface area (Å²) < 4.78 is 37.2. The van der Waals surface area contributed by atoms with Gasteiger partial charge in [0.25, 0.3) is 0 Å². The van der Waals surface area contributed by atoms with Gasteiger partial charge in [0, 0.05) is 11.6 Å². The van der Waals surface area contributed by atoms with Crippen LogP contribution < -0.4 is 5.73 Å². The Balaban J connectivity index is 3.36. The number of phenols is 1. The lowest BCUT2D eigenvalue weighted by Crippen LogP contribution is -2.10. The Labute approximate surface area is 93.0 Å². The molecule has 0 bridgehead atoms. The maximum Gasteiger partial charge on any atom is 0.416 e. The molecule has 0 aliphatic carbocycles. The lowest BCUT2D eigenvalue weighted by atomic mass is 10.0. The topological polar surface area (TPSA) is 46.2 Å². The van der Waals surface area contributed by atoms with Crippen molar-refractivity contribution in [3.05, 3.63) is 27.7 Å². The first kappa shape index (κ1) is 12.3. The zero-order chi connectivity index (χ0) is 11.8. The number of alkyl halides is 3. The summed E-state index contributed by atoms with van der Waals surface area (Å²) in [6.07, 6.45) is -4.44. The van der Waals surface area contributed by atoms with Crippen LogP contribution in [0.4, 0.5) is 13.2 Å². The van der Waals surface area contributed by atoms with Crippen molar-refractivity contribution in [3.8, 4) is 5.75 Å². The van der Waals surface area contributed by atoms with Gasteiger partial charge in [0.15, 0.2) is 0 Å². The normalized spacial score (nSPS) is 14.0. The van der Waals surface area contributed by atoms with E-state index in [0.29, 0.717) is 0 Å². The van der Waals surface area contributed by atoms with Gasteiger partial charge in [0.2, 0.25) is 0 Å². The van der Waals surface area contributed by atoms with E-state index in [2.05, 4.69) is 15.9 Å². The molecule has 84 valence electrons. The number of aromatic hydroxyl groups is 1. The Kier molecular flexibility index (Phi) is 3.30. The van der Waals surface area contributed by atoms with E-state index >= 15 is 0 Å². The highest BCUT2D eigenvalue weighted by atomic mass is 79.9. The molecule has 0 amide bonds. The highest BCUT2D eigenvalue weighted by molar-refractivity contribution is 9.10. The summed E-state index contributed by atoms with van der Waals surface area (Å²) in [6.45, 7) is 1.50. The Morgan fingerprint density at radius 3 is 2.33 bits per heavy atom.